The summed E-state index contributed by atoms with van der Waals surface area (Å²) in [6.07, 6.45) is 1.45. The Bertz CT molecular complexity index is 362. The van der Waals surface area contributed by atoms with E-state index in [1.807, 2.05) is 12.1 Å². The van der Waals surface area contributed by atoms with Gasteiger partial charge in [-0.3, -0.25) is 0 Å². The lowest BCUT2D eigenvalue weighted by atomic mass is 10.4. The minimum atomic E-state index is 0.119. The zero-order valence-corrected chi connectivity index (χ0v) is 10.9. The molecule has 0 fully saturated rings. The van der Waals surface area contributed by atoms with Gasteiger partial charge in [-0.1, -0.05) is 11.8 Å². The number of rotatable bonds is 7. The van der Waals surface area contributed by atoms with Gasteiger partial charge in [0.05, 0.1) is 18.1 Å². The van der Waals surface area contributed by atoms with Crippen LogP contribution in [0.1, 0.15) is 22.6 Å². The second-order valence-electron chi connectivity index (χ2n) is 3.44. The summed E-state index contributed by atoms with van der Waals surface area (Å²) in [6.45, 7) is 2.21. The number of thiophene rings is 1. The second kappa shape index (κ2) is 9.20. The highest BCUT2D eigenvalue weighted by atomic mass is 32.1. The molecule has 0 aliphatic carbocycles. The molecule has 3 nitrogen and oxygen atoms in total. The van der Waals surface area contributed by atoms with Crippen molar-refractivity contribution in [2.45, 2.75) is 19.4 Å². The van der Waals surface area contributed by atoms with Crippen LogP contribution in [0.15, 0.2) is 12.1 Å². The Hall–Kier alpha value is -0.860. The van der Waals surface area contributed by atoms with E-state index >= 15 is 0 Å². The van der Waals surface area contributed by atoms with E-state index in [0.29, 0.717) is 13.0 Å². The molecule has 1 N–H and O–H groups in total. The van der Waals surface area contributed by atoms with Gasteiger partial charge in [0.1, 0.15) is 0 Å². The molecular formula is C13H18O3S. The van der Waals surface area contributed by atoms with Crippen LogP contribution in [0.3, 0.4) is 0 Å². The number of ether oxygens (including phenoxy) is 2. The third-order valence-electron chi connectivity index (χ3n) is 1.99. The number of aliphatic hydroxyl groups excluding tert-OH is 1. The maximum absolute atomic E-state index is 8.61. The number of hydrogen-bond acceptors (Lipinski definition) is 4. The van der Waals surface area contributed by atoms with Crippen LogP contribution in [0.2, 0.25) is 0 Å². The van der Waals surface area contributed by atoms with Gasteiger partial charge in [0.2, 0.25) is 0 Å². The van der Waals surface area contributed by atoms with Crippen LogP contribution in [-0.2, 0) is 16.1 Å². The third-order valence-corrected chi connectivity index (χ3v) is 2.97. The maximum atomic E-state index is 8.61. The Balaban J connectivity index is 2.24. The summed E-state index contributed by atoms with van der Waals surface area (Å²) in [5.41, 5.74) is 0. The maximum Gasteiger partial charge on any atom is 0.0809 e. The van der Waals surface area contributed by atoms with Gasteiger partial charge in [0.15, 0.2) is 0 Å². The predicted molar refractivity (Wildman–Crippen MR) is 69.0 cm³/mol. The van der Waals surface area contributed by atoms with Crippen LogP contribution in [0.25, 0.3) is 0 Å². The van der Waals surface area contributed by atoms with Crippen LogP contribution in [0, 0.1) is 11.8 Å². The molecule has 94 valence electrons. The molecule has 4 heteroatoms. The van der Waals surface area contributed by atoms with Crippen molar-refractivity contribution in [2.75, 3.05) is 26.9 Å². The first-order valence-electron chi connectivity index (χ1n) is 5.62. The molecule has 1 heterocycles. The molecule has 0 aliphatic rings. The lowest BCUT2D eigenvalue weighted by molar-refractivity contribution is 0.0943. The molecule has 0 atom stereocenters. The van der Waals surface area contributed by atoms with Crippen LogP contribution in [0.5, 0.6) is 0 Å². The highest BCUT2D eigenvalue weighted by molar-refractivity contribution is 7.12. The molecule has 0 spiro atoms. The molecule has 0 aromatic carbocycles. The fourth-order valence-electron chi connectivity index (χ4n) is 1.21. The SMILES string of the molecule is COCCCOCc1ccc(C#CCCO)s1. The molecule has 17 heavy (non-hydrogen) atoms. The first-order chi connectivity index (χ1) is 8.36. The summed E-state index contributed by atoms with van der Waals surface area (Å²) in [5, 5.41) is 8.61. The van der Waals surface area contributed by atoms with E-state index in [1.165, 1.54) is 4.88 Å². The molecule has 1 aromatic heterocycles. The number of aliphatic hydroxyl groups is 1. The average molecular weight is 254 g/mol. The Morgan fingerprint density at radius 1 is 1.35 bits per heavy atom. The van der Waals surface area contributed by atoms with E-state index in [4.69, 9.17) is 14.6 Å². The fourth-order valence-corrected chi connectivity index (χ4v) is 2.03. The van der Waals surface area contributed by atoms with Crippen molar-refractivity contribution in [1.82, 2.24) is 0 Å². The van der Waals surface area contributed by atoms with Gasteiger partial charge in [-0.15, -0.1) is 11.3 Å². The zero-order valence-electron chi connectivity index (χ0n) is 10.1. The minimum Gasteiger partial charge on any atom is -0.395 e. The first kappa shape index (κ1) is 14.2. The summed E-state index contributed by atoms with van der Waals surface area (Å²) < 4.78 is 10.4. The number of hydrogen-bond donors (Lipinski definition) is 1. The molecule has 0 radical (unpaired) electrons. The third kappa shape index (κ3) is 6.44. The van der Waals surface area contributed by atoms with E-state index < -0.39 is 0 Å². The Labute approximate surface area is 106 Å². The molecule has 1 aromatic rings. The normalized spacial score (nSPS) is 10.0. The molecule has 0 amide bonds. The lowest BCUT2D eigenvalue weighted by Gasteiger charge is -2.01. The van der Waals surface area contributed by atoms with E-state index in [9.17, 15) is 0 Å². The van der Waals surface area contributed by atoms with Crippen LogP contribution in [-0.4, -0.2) is 32.0 Å². The van der Waals surface area contributed by atoms with Crippen LogP contribution in [0.4, 0.5) is 0 Å². The minimum absolute atomic E-state index is 0.119. The molecule has 0 bridgehead atoms. The summed E-state index contributed by atoms with van der Waals surface area (Å²) in [7, 11) is 1.69. The van der Waals surface area contributed by atoms with E-state index in [2.05, 4.69) is 11.8 Å². The van der Waals surface area contributed by atoms with Crippen molar-refractivity contribution < 1.29 is 14.6 Å². The van der Waals surface area contributed by atoms with E-state index in [-0.39, 0.29) is 6.61 Å². The standard InChI is InChI=1S/C13H18O3S/c1-15-9-4-10-16-11-13-7-6-12(17-13)5-2-3-8-14/h6-7,14H,3-4,8-11H2,1H3. The predicted octanol–water partition coefficient (Wildman–Crippen LogP) is 2.04. The fraction of sp³-hybridized carbons (Fsp3) is 0.538. The summed E-state index contributed by atoms with van der Waals surface area (Å²) in [4.78, 5) is 2.20. The van der Waals surface area contributed by atoms with Gasteiger partial charge in [0, 0.05) is 31.6 Å². The van der Waals surface area contributed by atoms with Crippen molar-refractivity contribution in [3.63, 3.8) is 0 Å². The highest BCUT2D eigenvalue weighted by Crippen LogP contribution is 2.16. The van der Waals surface area contributed by atoms with Gasteiger partial charge in [-0.05, 0) is 18.6 Å². The van der Waals surface area contributed by atoms with Crippen molar-refractivity contribution in [2.24, 2.45) is 0 Å². The van der Waals surface area contributed by atoms with Gasteiger partial charge < -0.3 is 14.6 Å². The monoisotopic (exact) mass is 254 g/mol. The Morgan fingerprint density at radius 2 is 2.24 bits per heavy atom. The molecule has 1 rings (SSSR count). The molecule has 0 unspecified atom stereocenters. The first-order valence-corrected chi connectivity index (χ1v) is 6.43. The topological polar surface area (TPSA) is 38.7 Å². The second-order valence-corrected chi connectivity index (χ2v) is 4.61. The van der Waals surface area contributed by atoms with Crippen LogP contribution < -0.4 is 0 Å². The average Bonchev–Trinajstić information content (AvgIpc) is 2.77. The van der Waals surface area contributed by atoms with Gasteiger partial charge >= 0.3 is 0 Å². The van der Waals surface area contributed by atoms with Gasteiger partial charge in [-0.2, -0.15) is 0 Å². The zero-order chi connectivity index (χ0) is 12.3. The van der Waals surface area contributed by atoms with Crippen LogP contribution >= 0.6 is 11.3 Å². The molecule has 0 aliphatic heterocycles. The summed E-state index contributed by atoms with van der Waals surface area (Å²) in [6, 6.07) is 4.02. The lowest BCUT2D eigenvalue weighted by Crippen LogP contribution is -1.98. The quantitative estimate of drug-likeness (QED) is 0.598. The van der Waals surface area contributed by atoms with Crippen molar-refractivity contribution in [1.29, 1.82) is 0 Å². The highest BCUT2D eigenvalue weighted by Gasteiger charge is 1.98. The largest absolute Gasteiger partial charge is 0.395 e. The Morgan fingerprint density at radius 3 is 3.00 bits per heavy atom. The van der Waals surface area contributed by atoms with Crippen molar-refractivity contribution in [3.05, 3.63) is 21.9 Å². The van der Waals surface area contributed by atoms with Gasteiger partial charge in [-0.25, -0.2) is 0 Å². The Kier molecular flexibility index (Phi) is 7.69. The molecule has 0 saturated heterocycles. The van der Waals surface area contributed by atoms with E-state index in [0.717, 1.165) is 24.5 Å². The van der Waals surface area contributed by atoms with Gasteiger partial charge in [0.25, 0.3) is 0 Å². The number of methoxy groups -OCH3 is 1. The van der Waals surface area contributed by atoms with E-state index in [1.54, 1.807) is 18.4 Å². The summed E-state index contributed by atoms with van der Waals surface area (Å²) in [5.74, 6) is 5.91. The smallest absolute Gasteiger partial charge is 0.0809 e. The summed E-state index contributed by atoms with van der Waals surface area (Å²) >= 11 is 1.64. The molecule has 0 saturated carbocycles. The van der Waals surface area contributed by atoms with Crippen molar-refractivity contribution >= 4 is 11.3 Å². The van der Waals surface area contributed by atoms with Crippen molar-refractivity contribution in [3.8, 4) is 11.8 Å². The molecular weight excluding hydrogens is 236 g/mol.